The summed E-state index contributed by atoms with van der Waals surface area (Å²) in [6, 6.07) is 10.1. The van der Waals surface area contributed by atoms with Crippen molar-refractivity contribution in [3.05, 3.63) is 64.1 Å². The predicted molar refractivity (Wildman–Crippen MR) is 102 cm³/mol. The van der Waals surface area contributed by atoms with Gasteiger partial charge in [-0.3, -0.25) is 4.98 Å². The normalized spacial score (nSPS) is 15.6. The van der Waals surface area contributed by atoms with E-state index in [0.717, 1.165) is 4.47 Å². The Labute approximate surface area is 158 Å². The molecule has 136 valence electrons. The Kier molecular flexibility index (Phi) is 6.48. The summed E-state index contributed by atoms with van der Waals surface area (Å²) in [7, 11) is -1.50. The highest BCUT2D eigenvalue weighted by Gasteiger charge is 2.41. The van der Waals surface area contributed by atoms with Gasteiger partial charge in [0.1, 0.15) is 17.1 Å². The third kappa shape index (κ3) is 4.53. The van der Waals surface area contributed by atoms with Crippen LogP contribution < -0.4 is 4.72 Å². The van der Waals surface area contributed by atoms with Crippen LogP contribution in [-0.2, 0) is 16.5 Å². The van der Waals surface area contributed by atoms with Crippen molar-refractivity contribution < 1.29 is 13.7 Å². The van der Waals surface area contributed by atoms with Crippen LogP contribution in [0.25, 0.3) is 0 Å². The number of halogens is 2. The molecule has 0 saturated heterocycles. The average Bonchev–Trinajstić information content (AvgIpc) is 2.54. The Morgan fingerprint density at radius 3 is 2.40 bits per heavy atom. The van der Waals surface area contributed by atoms with Gasteiger partial charge in [0.2, 0.25) is 0 Å². The Bertz CT molecular complexity index is 749. The molecule has 25 heavy (non-hydrogen) atoms. The summed E-state index contributed by atoms with van der Waals surface area (Å²) >= 11 is 3.39. The lowest BCUT2D eigenvalue weighted by Gasteiger charge is -2.36. The fourth-order valence-corrected chi connectivity index (χ4v) is 3.67. The number of aliphatic hydroxyl groups is 1. The minimum absolute atomic E-state index is 0.115. The second kappa shape index (κ2) is 8.03. The molecule has 0 aliphatic heterocycles. The number of pyridine rings is 1. The maximum Gasteiger partial charge on any atom is 0.147 e. The molecular weight excluding hydrogens is 407 g/mol. The van der Waals surface area contributed by atoms with Gasteiger partial charge in [-0.25, -0.2) is 13.3 Å². The van der Waals surface area contributed by atoms with E-state index in [9.17, 15) is 13.7 Å². The van der Waals surface area contributed by atoms with Gasteiger partial charge >= 0.3 is 0 Å². The van der Waals surface area contributed by atoms with E-state index in [-0.39, 0.29) is 18.7 Å². The van der Waals surface area contributed by atoms with Crippen LogP contribution in [0.4, 0.5) is 4.39 Å². The standard InChI is InChI=1S/C18H22BrFN2O2S/c1-17(2,3)25(24)22-18(10-12-23,13-6-8-14(19)9-7-13)16-15(20)5-4-11-21-16/h4-9,11,22-23H,10,12H2,1-3H3. The van der Waals surface area contributed by atoms with E-state index in [0.29, 0.717) is 5.56 Å². The minimum Gasteiger partial charge on any atom is -0.396 e. The molecule has 0 spiro atoms. The molecule has 2 unspecified atom stereocenters. The van der Waals surface area contributed by atoms with Crippen LogP contribution in [0.3, 0.4) is 0 Å². The molecule has 0 aliphatic rings. The van der Waals surface area contributed by atoms with E-state index in [4.69, 9.17) is 0 Å². The largest absolute Gasteiger partial charge is 0.396 e. The SMILES string of the molecule is CC(C)(C)S(=O)NC(CCO)(c1ccc(Br)cc1)c1ncccc1F. The van der Waals surface area contributed by atoms with Crippen molar-refractivity contribution in [3.8, 4) is 0 Å². The van der Waals surface area contributed by atoms with Gasteiger partial charge in [-0.2, -0.15) is 0 Å². The van der Waals surface area contributed by atoms with Gasteiger partial charge < -0.3 is 5.11 Å². The van der Waals surface area contributed by atoms with E-state index in [1.165, 1.54) is 18.3 Å². The second-order valence-corrected chi connectivity index (χ2v) is 9.58. The summed E-state index contributed by atoms with van der Waals surface area (Å²) in [6.07, 6.45) is 1.62. The highest BCUT2D eigenvalue weighted by atomic mass is 79.9. The summed E-state index contributed by atoms with van der Waals surface area (Å²) in [5.41, 5.74) is -0.414. The number of aromatic nitrogens is 1. The Morgan fingerprint density at radius 2 is 1.88 bits per heavy atom. The zero-order chi connectivity index (χ0) is 18.7. The molecule has 0 radical (unpaired) electrons. The van der Waals surface area contributed by atoms with E-state index >= 15 is 0 Å². The molecule has 1 aromatic carbocycles. The summed E-state index contributed by atoms with van der Waals surface area (Å²) in [6.45, 7) is 5.27. The van der Waals surface area contributed by atoms with Crippen LogP contribution in [-0.4, -0.2) is 25.7 Å². The fraction of sp³-hybridized carbons (Fsp3) is 0.389. The zero-order valence-electron chi connectivity index (χ0n) is 14.4. The quantitative estimate of drug-likeness (QED) is 0.737. The lowest BCUT2D eigenvalue weighted by Crippen LogP contribution is -2.50. The van der Waals surface area contributed by atoms with Crippen LogP contribution in [0.15, 0.2) is 47.1 Å². The first-order valence-corrected chi connectivity index (χ1v) is 9.82. The molecule has 0 saturated carbocycles. The molecule has 1 heterocycles. The van der Waals surface area contributed by atoms with Crippen LogP contribution in [0.5, 0.6) is 0 Å². The minimum atomic E-state index is -1.50. The van der Waals surface area contributed by atoms with Crippen molar-refractivity contribution in [1.82, 2.24) is 9.71 Å². The third-order valence-electron chi connectivity index (χ3n) is 3.81. The van der Waals surface area contributed by atoms with Crippen LogP contribution in [0.1, 0.15) is 38.4 Å². The lowest BCUT2D eigenvalue weighted by atomic mass is 9.84. The van der Waals surface area contributed by atoms with Gasteiger partial charge in [-0.05, 0) is 57.0 Å². The molecule has 7 heteroatoms. The van der Waals surface area contributed by atoms with Gasteiger partial charge in [0.05, 0.1) is 15.7 Å². The van der Waals surface area contributed by atoms with Gasteiger partial charge in [-0.15, -0.1) is 0 Å². The number of rotatable bonds is 6. The second-order valence-electron chi connectivity index (χ2n) is 6.70. The maximum absolute atomic E-state index is 14.6. The number of nitrogens with one attached hydrogen (secondary N) is 1. The van der Waals surface area contributed by atoms with E-state index in [1.54, 1.807) is 12.1 Å². The average molecular weight is 429 g/mol. The van der Waals surface area contributed by atoms with Crippen molar-refractivity contribution in [3.63, 3.8) is 0 Å². The van der Waals surface area contributed by atoms with Crippen LogP contribution in [0, 0.1) is 5.82 Å². The molecule has 0 bridgehead atoms. The van der Waals surface area contributed by atoms with Crippen LogP contribution >= 0.6 is 15.9 Å². The number of hydrogen-bond acceptors (Lipinski definition) is 3. The van der Waals surface area contributed by atoms with Gasteiger partial charge in [0.25, 0.3) is 0 Å². The Hall–Kier alpha value is -1.15. The topological polar surface area (TPSA) is 62.2 Å². The number of benzene rings is 1. The maximum atomic E-state index is 14.6. The zero-order valence-corrected chi connectivity index (χ0v) is 16.8. The molecular formula is C18H22BrFN2O2S. The molecule has 2 aromatic rings. The van der Waals surface area contributed by atoms with E-state index in [2.05, 4.69) is 25.6 Å². The Morgan fingerprint density at radius 1 is 1.24 bits per heavy atom. The van der Waals surface area contributed by atoms with Crippen molar-refractivity contribution in [2.45, 2.75) is 37.5 Å². The third-order valence-corrected chi connectivity index (χ3v) is 5.98. The van der Waals surface area contributed by atoms with Crippen molar-refractivity contribution >= 4 is 26.9 Å². The molecule has 0 aliphatic carbocycles. The van der Waals surface area contributed by atoms with Gasteiger partial charge in [-0.1, -0.05) is 28.1 Å². The highest BCUT2D eigenvalue weighted by molar-refractivity contribution is 9.10. The van der Waals surface area contributed by atoms with Gasteiger partial charge in [0, 0.05) is 17.3 Å². The summed E-state index contributed by atoms with van der Waals surface area (Å²) in [5.74, 6) is -0.516. The molecule has 2 N–H and O–H groups in total. The van der Waals surface area contributed by atoms with Crippen molar-refractivity contribution in [2.24, 2.45) is 0 Å². The van der Waals surface area contributed by atoms with Crippen LogP contribution in [0.2, 0.25) is 0 Å². The number of nitrogens with zero attached hydrogens (tertiary/aromatic N) is 1. The first-order valence-electron chi connectivity index (χ1n) is 7.88. The Balaban J connectivity index is 2.68. The van der Waals surface area contributed by atoms with Gasteiger partial charge in [0.15, 0.2) is 0 Å². The predicted octanol–water partition coefficient (Wildman–Crippen LogP) is 3.66. The molecule has 0 amide bonds. The van der Waals surface area contributed by atoms with E-state index < -0.39 is 27.1 Å². The molecule has 0 fully saturated rings. The van der Waals surface area contributed by atoms with Crippen molar-refractivity contribution in [1.29, 1.82) is 0 Å². The molecule has 2 rings (SSSR count). The number of aliphatic hydroxyl groups excluding tert-OH is 1. The fourth-order valence-electron chi connectivity index (χ4n) is 2.47. The first-order chi connectivity index (χ1) is 11.7. The first kappa shape index (κ1) is 20.2. The monoisotopic (exact) mass is 428 g/mol. The number of hydrogen-bond donors (Lipinski definition) is 2. The lowest BCUT2D eigenvalue weighted by molar-refractivity contribution is 0.242. The van der Waals surface area contributed by atoms with Crippen molar-refractivity contribution in [2.75, 3.05) is 6.61 Å². The molecule has 2 atom stereocenters. The molecule has 1 aromatic heterocycles. The summed E-state index contributed by atoms with van der Waals surface area (Å²) in [5, 5.41) is 9.69. The van der Waals surface area contributed by atoms with E-state index in [1.807, 2.05) is 32.9 Å². The highest BCUT2D eigenvalue weighted by Crippen LogP contribution is 2.35. The summed E-state index contributed by atoms with van der Waals surface area (Å²) in [4.78, 5) is 4.21. The molecule has 4 nitrogen and oxygen atoms in total. The smallest absolute Gasteiger partial charge is 0.147 e. The summed E-state index contributed by atoms with van der Waals surface area (Å²) < 4.78 is 30.8.